The van der Waals surface area contributed by atoms with E-state index >= 15 is 0 Å². The molecule has 0 aliphatic carbocycles. The highest BCUT2D eigenvalue weighted by molar-refractivity contribution is 14.1. The molecule has 0 radical (unpaired) electrons. The Balaban J connectivity index is 2.13. The van der Waals surface area contributed by atoms with E-state index in [-0.39, 0.29) is 5.75 Å². The fraction of sp³-hybridized carbons (Fsp3) is 0.0714. The van der Waals surface area contributed by atoms with Crippen molar-refractivity contribution >= 4 is 38.3 Å². The van der Waals surface area contributed by atoms with Crippen molar-refractivity contribution < 1.29 is 8.42 Å². The van der Waals surface area contributed by atoms with Crippen LogP contribution in [0.4, 0.5) is 5.69 Å². The smallest absolute Gasteiger partial charge is 0.236 e. The number of nitriles is 1. The molecule has 0 amide bonds. The molecule has 0 fully saturated rings. The number of benzene rings is 2. The Hall–Kier alpha value is -1.59. The maximum Gasteiger partial charge on any atom is 0.236 e. The van der Waals surface area contributed by atoms with E-state index in [9.17, 15) is 8.42 Å². The van der Waals surface area contributed by atoms with Crippen LogP contribution in [0.5, 0.6) is 0 Å². The van der Waals surface area contributed by atoms with E-state index in [0.717, 1.165) is 3.57 Å². The lowest BCUT2D eigenvalue weighted by atomic mass is 10.2. The summed E-state index contributed by atoms with van der Waals surface area (Å²) in [6.45, 7) is 0. The molecule has 0 heterocycles. The highest BCUT2D eigenvalue weighted by Gasteiger charge is 2.11. The van der Waals surface area contributed by atoms with E-state index in [0.29, 0.717) is 16.8 Å². The first-order valence-electron chi connectivity index (χ1n) is 5.74. The van der Waals surface area contributed by atoms with E-state index in [2.05, 4.69) is 27.3 Å². The number of nitrogens with zero attached hydrogens (tertiary/aromatic N) is 1. The van der Waals surface area contributed by atoms with Crippen molar-refractivity contribution in [1.29, 1.82) is 5.26 Å². The number of halogens is 1. The summed E-state index contributed by atoms with van der Waals surface area (Å²) in [5, 5.41) is 8.70. The standard InChI is InChI=1S/C14H11IN2O2S/c15-13-2-1-3-14(8-13)17-20(18,19)10-12-6-4-11(9-16)5-7-12/h1-8,17H,10H2. The van der Waals surface area contributed by atoms with Crippen LogP contribution in [0.1, 0.15) is 11.1 Å². The molecule has 0 saturated heterocycles. The predicted octanol–water partition coefficient (Wildman–Crippen LogP) is 3.10. The Morgan fingerprint density at radius 1 is 1.15 bits per heavy atom. The lowest BCUT2D eigenvalue weighted by Crippen LogP contribution is -2.15. The SMILES string of the molecule is N#Cc1ccc(CS(=O)(=O)Nc2cccc(I)c2)cc1. The molecule has 102 valence electrons. The second-order valence-corrected chi connectivity index (χ2v) is 7.15. The van der Waals surface area contributed by atoms with Crippen LogP contribution >= 0.6 is 22.6 Å². The molecular formula is C14H11IN2O2S. The Kier molecular flexibility index (Phi) is 4.62. The fourth-order valence-corrected chi connectivity index (χ4v) is 3.40. The third-order valence-electron chi connectivity index (χ3n) is 2.54. The normalized spacial score (nSPS) is 10.8. The number of anilines is 1. The summed E-state index contributed by atoms with van der Waals surface area (Å²) in [6, 6.07) is 15.7. The average molecular weight is 398 g/mol. The van der Waals surface area contributed by atoms with Gasteiger partial charge in [0, 0.05) is 9.26 Å². The van der Waals surface area contributed by atoms with Crippen LogP contribution in [0.15, 0.2) is 48.5 Å². The maximum absolute atomic E-state index is 12.1. The van der Waals surface area contributed by atoms with Gasteiger partial charge in [-0.05, 0) is 58.5 Å². The summed E-state index contributed by atoms with van der Waals surface area (Å²) in [7, 11) is -3.46. The summed E-state index contributed by atoms with van der Waals surface area (Å²) in [6.07, 6.45) is 0. The highest BCUT2D eigenvalue weighted by Crippen LogP contribution is 2.16. The van der Waals surface area contributed by atoms with Crippen LogP contribution in [-0.2, 0) is 15.8 Å². The van der Waals surface area contributed by atoms with Crippen LogP contribution < -0.4 is 4.72 Å². The van der Waals surface area contributed by atoms with Gasteiger partial charge in [-0.3, -0.25) is 4.72 Å². The molecule has 20 heavy (non-hydrogen) atoms. The second kappa shape index (κ2) is 6.24. The Bertz CT molecular complexity index is 749. The molecule has 0 aromatic heterocycles. The molecule has 0 bridgehead atoms. The molecule has 1 N–H and O–H groups in total. The number of hydrogen-bond donors (Lipinski definition) is 1. The molecule has 0 saturated carbocycles. The zero-order valence-corrected chi connectivity index (χ0v) is 13.3. The molecule has 4 nitrogen and oxygen atoms in total. The maximum atomic E-state index is 12.1. The summed E-state index contributed by atoms with van der Waals surface area (Å²) in [5.41, 5.74) is 1.70. The zero-order chi connectivity index (χ0) is 14.6. The monoisotopic (exact) mass is 398 g/mol. The van der Waals surface area contributed by atoms with Crippen molar-refractivity contribution in [3.8, 4) is 6.07 Å². The lowest BCUT2D eigenvalue weighted by Gasteiger charge is -2.08. The summed E-state index contributed by atoms with van der Waals surface area (Å²) in [5.74, 6) is -0.121. The summed E-state index contributed by atoms with van der Waals surface area (Å²) in [4.78, 5) is 0. The molecule has 2 aromatic carbocycles. The van der Waals surface area contributed by atoms with Crippen molar-refractivity contribution in [3.63, 3.8) is 0 Å². The van der Waals surface area contributed by atoms with E-state index < -0.39 is 10.0 Å². The van der Waals surface area contributed by atoms with Crippen LogP contribution in [0, 0.1) is 14.9 Å². The first kappa shape index (κ1) is 14.8. The third kappa shape index (κ3) is 4.21. The molecule has 0 aliphatic heterocycles. The Morgan fingerprint density at radius 3 is 2.45 bits per heavy atom. The van der Waals surface area contributed by atoms with E-state index in [1.165, 1.54) is 0 Å². The first-order chi connectivity index (χ1) is 9.48. The molecule has 0 spiro atoms. The lowest BCUT2D eigenvalue weighted by molar-refractivity contribution is 0.600. The van der Waals surface area contributed by atoms with Gasteiger partial charge in [-0.1, -0.05) is 18.2 Å². The van der Waals surface area contributed by atoms with Gasteiger partial charge in [0.1, 0.15) is 0 Å². The Morgan fingerprint density at radius 2 is 1.85 bits per heavy atom. The van der Waals surface area contributed by atoms with Crippen LogP contribution in [0.3, 0.4) is 0 Å². The molecule has 0 atom stereocenters. The van der Waals surface area contributed by atoms with E-state index in [1.807, 2.05) is 12.1 Å². The molecule has 6 heteroatoms. The largest absolute Gasteiger partial charge is 0.283 e. The molecule has 0 aliphatic rings. The van der Waals surface area contributed by atoms with Crippen molar-refractivity contribution in [2.45, 2.75) is 5.75 Å². The van der Waals surface area contributed by atoms with Gasteiger partial charge in [0.05, 0.1) is 17.4 Å². The van der Waals surface area contributed by atoms with E-state index in [4.69, 9.17) is 5.26 Å². The number of hydrogen-bond acceptors (Lipinski definition) is 3. The summed E-state index contributed by atoms with van der Waals surface area (Å²) < 4.78 is 27.6. The van der Waals surface area contributed by atoms with Gasteiger partial charge in [0.15, 0.2) is 0 Å². The topological polar surface area (TPSA) is 70.0 Å². The zero-order valence-electron chi connectivity index (χ0n) is 10.4. The van der Waals surface area contributed by atoms with Crippen molar-refractivity contribution in [2.75, 3.05) is 4.72 Å². The van der Waals surface area contributed by atoms with E-state index in [1.54, 1.807) is 42.5 Å². The third-order valence-corrected chi connectivity index (χ3v) is 4.47. The fourth-order valence-electron chi connectivity index (χ4n) is 1.66. The number of nitrogens with one attached hydrogen (secondary N) is 1. The second-order valence-electron chi connectivity index (χ2n) is 4.18. The quantitative estimate of drug-likeness (QED) is 0.805. The van der Waals surface area contributed by atoms with Crippen molar-refractivity contribution in [3.05, 3.63) is 63.2 Å². The van der Waals surface area contributed by atoms with Gasteiger partial charge in [-0.15, -0.1) is 0 Å². The van der Waals surface area contributed by atoms with Crippen LogP contribution in [0.2, 0.25) is 0 Å². The van der Waals surface area contributed by atoms with Gasteiger partial charge in [-0.2, -0.15) is 5.26 Å². The molecular weight excluding hydrogens is 387 g/mol. The highest BCUT2D eigenvalue weighted by atomic mass is 127. The number of sulfonamides is 1. The van der Waals surface area contributed by atoms with Gasteiger partial charge < -0.3 is 0 Å². The first-order valence-corrected chi connectivity index (χ1v) is 8.47. The van der Waals surface area contributed by atoms with Gasteiger partial charge >= 0.3 is 0 Å². The minimum atomic E-state index is -3.46. The molecule has 2 aromatic rings. The van der Waals surface area contributed by atoms with Crippen LogP contribution in [0.25, 0.3) is 0 Å². The molecule has 2 rings (SSSR count). The summed E-state index contributed by atoms with van der Waals surface area (Å²) >= 11 is 2.12. The van der Waals surface area contributed by atoms with Gasteiger partial charge in [0.2, 0.25) is 10.0 Å². The van der Waals surface area contributed by atoms with Crippen LogP contribution in [-0.4, -0.2) is 8.42 Å². The minimum absolute atomic E-state index is 0.121. The average Bonchev–Trinajstić information content (AvgIpc) is 2.38. The van der Waals surface area contributed by atoms with Crippen molar-refractivity contribution in [1.82, 2.24) is 0 Å². The Labute approximate surface area is 131 Å². The minimum Gasteiger partial charge on any atom is -0.283 e. The number of rotatable bonds is 4. The van der Waals surface area contributed by atoms with Crippen molar-refractivity contribution in [2.24, 2.45) is 0 Å². The van der Waals surface area contributed by atoms with Gasteiger partial charge in [-0.25, -0.2) is 8.42 Å². The predicted molar refractivity (Wildman–Crippen MR) is 86.6 cm³/mol. The van der Waals surface area contributed by atoms with Gasteiger partial charge in [0.25, 0.3) is 0 Å². The molecule has 0 unspecified atom stereocenters.